The Hall–Kier alpha value is -3.73. The molecule has 0 saturated heterocycles. The van der Waals surface area contributed by atoms with E-state index in [-0.39, 0.29) is 5.71 Å². The summed E-state index contributed by atoms with van der Waals surface area (Å²) in [5.74, 6) is 5.42. The molecule has 0 spiro atoms. The standard InChI is InChI=1S/C25H24N4O2S/c1-31-14-13-29-18-6-4-5-17(15-18)9-12-22(26)20-11-10-19(16-23(20)27)32-24-8-3-2-7-21(24)25(28)30/h2-8,10-11,15-16,26,29H,13-14,27H2,1H3,(H2,28,30). The first kappa shape index (κ1) is 22.9. The maximum absolute atomic E-state index is 11.6. The monoisotopic (exact) mass is 444 g/mol. The number of methoxy groups -OCH3 is 1. The summed E-state index contributed by atoms with van der Waals surface area (Å²) < 4.78 is 5.04. The summed E-state index contributed by atoms with van der Waals surface area (Å²) in [6, 6.07) is 20.2. The molecule has 3 aromatic rings. The third-order valence-electron chi connectivity index (χ3n) is 4.50. The van der Waals surface area contributed by atoms with Gasteiger partial charge in [-0.15, -0.1) is 0 Å². The van der Waals surface area contributed by atoms with E-state index in [9.17, 15) is 4.79 Å². The number of carbonyl (C=O) groups is 1. The third kappa shape index (κ3) is 6.14. The molecule has 0 bridgehead atoms. The normalized spacial score (nSPS) is 10.2. The van der Waals surface area contributed by atoms with E-state index in [1.54, 1.807) is 31.4 Å². The van der Waals surface area contributed by atoms with Gasteiger partial charge in [-0.1, -0.05) is 35.9 Å². The number of hydrogen-bond donors (Lipinski definition) is 4. The third-order valence-corrected chi connectivity index (χ3v) is 5.57. The SMILES string of the molecule is COCCNc1cccc(C#CC(=N)c2ccc(Sc3ccccc3C(N)=O)cc2N)c1. The van der Waals surface area contributed by atoms with Crippen LogP contribution in [0.4, 0.5) is 11.4 Å². The minimum atomic E-state index is -0.479. The summed E-state index contributed by atoms with van der Waals surface area (Å²) >= 11 is 1.39. The first-order valence-electron chi connectivity index (χ1n) is 9.88. The van der Waals surface area contributed by atoms with Gasteiger partial charge in [0.05, 0.1) is 12.2 Å². The van der Waals surface area contributed by atoms with Crippen molar-refractivity contribution in [3.05, 3.63) is 83.4 Å². The van der Waals surface area contributed by atoms with Crippen LogP contribution in [-0.4, -0.2) is 31.9 Å². The lowest BCUT2D eigenvalue weighted by atomic mass is 10.1. The van der Waals surface area contributed by atoms with Crippen molar-refractivity contribution in [2.45, 2.75) is 9.79 Å². The average molecular weight is 445 g/mol. The molecule has 0 unspecified atom stereocenters. The zero-order chi connectivity index (χ0) is 22.9. The molecule has 3 aromatic carbocycles. The lowest BCUT2D eigenvalue weighted by Gasteiger charge is -2.09. The Labute approximate surface area is 191 Å². The van der Waals surface area contributed by atoms with Gasteiger partial charge in [0, 0.05) is 45.9 Å². The molecule has 0 saturated carbocycles. The number of primary amides is 1. The zero-order valence-corrected chi connectivity index (χ0v) is 18.5. The average Bonchev–Trinajstić information content (AvgIpc) is 2.78. The summed E-state index contributed by atoms with van der Waals surface area (Å²) in [6.45, 7) is 1.32. The molecule has 0 fully saturated rings. The Morgan fingerprint density at radius 3 is 2.66 bits per heavy atom. The molecule has 0 aliphatic rings. The zero-order valence-electron chi connectivity index (χ0n) is 17.6. The number of ether oxygens (including phenoxy) is 1. The number of anilines is 2. The highest BCUT2D eigenvalue weighted by atomic mass is 32.2. The van der Waals surface area contributed by atoms with Crippen LogP contribution in [0.3, 0.4) is 0 Å². The summed E-state index contributed by atoms with van der Waals surface area (Å²) in [4.78, 5) is 13.2. The lowest BCUT2D eigenvalue weighted by Crippen LogP contribution is -2.11. The van der Waals surface area contributed by atoms with E-state index in [0.29, 0.717) is 30.0 Å². The van der Waals surface area contributed by atoms with Crippen LogP contribution < -0.4 is 16.8 Å². The number of rotatable bonds is 8. The van der Waals surface area contributed by atoms with Gasteiger partial charge in [-0.25, -0.2) is 0 Å². The van der Waals surface area contributed by atoms with Crippen molar-refractivity contribution < 1.29 is 9.53 Å². The summed E-state index contributed by atoms with van der Waals surface area (Å²) in [6.07, 6.45) is 0. The number of amides is 1. The van der Waals surface area contributed by atoms with Crippen LogP contribution in [0.1, 0.15) is 21.5 Å². The van der Waals surface area contributed by atoms with E-state index in [2.05, 4.69) is 17.2 Å². The first-order chi connectivity index (χ1) is 15.5. The van der Waals surface area contributed by atoms with Gasteiger partial charge in [-0.2, -0.15) is 0 Å². The van der Waals surface area contributed by atoms with E-state index in [0.717, 1.165) is 21.0 Å². The highest BCUT2D eigenvalue weighted by Gasteiger charge is 2.10. The second kappa shape index (κ2) is 11.0. The molecule has 162 valence electrons. The first-order valence-corrected chi connectivity index (χ1v) is 10.7. The van der Waals surface area contributed by atoms with Gasteiger partial charge in [0.1, 0.15) is 5.71 Å². The second-order valence-corrected chi connectivity index (χ2v) is 7.95. The summed E-state index contributed by atoms with van der Waals surface area (Å²) in [5, 5.41) is 11.6. The Morgan fingerprint density at radius 1 is 1.09 bits per heavy atom. The number of benzene rings is 3. The maximum atomic E-state index is 11.6. The van der Waals surface area contributed by atoms with Crippen LogP contribution in [0.15, 0.2) is 76.5 Å². The van der Waals surface area contributed by atoms with Crippen molar-refractivity contribution in [3.8, 4) is 11.8 Å². The van der Waals surface area contributed by atoms with Crippen LogP contribution in [0, 0.1) is 17.3 Å². The van der Waals surface area contributed by atoms with Gasteiger partial charge in [0.15, 0.2) is 0 Å². The van der Waals surface area contributed by atoms with Crippen LogP contribution in [0.25, 0.3) is 0 Å². The molecular formula is C25H24N4O2S. The fourth-order valence-corrected chi connectivity index (χ4v) is 3.93. The number of nitrogen functional groups attached to an aromatic ring is 1. The van der Waals surface area contributed by atoms with Gasteiger partial charge in [0.25, 0.3) is 0 Å². The van der Waals surface area contributed by atoms with E-state index < -0.39 is 5.91 Å². The maximum Gasteiger partial charge on any atom is 0.249 e. The summed E-state index contributed by atoms with van der Waals surface area (Å²) in [7, 11) is 1.66. The topological polar surface area (TPSA) is 114 Å². The predicted octanol–water partition coefficient (Wildman–Crippen LogP) is 4.00. The highest BCUT2D eigenvalue weighted by molar-refractivity contribution is 7.99. The Morgan fingerprint density at radius 2 is 1.91 bits per heavy atom. The van der Waals surface area contributed by atoms with Gasteiger partial charge < -0.3 is 21.5 Å². The molecule has 0 aromatic heterocycles. The molecular weight excluding hydrogens is 420 g/mol. The molecule has 7 heteroatoms. The van der Waals surface area contributed by atoms with Crippen molar-refractivity contribution in [1.29, 1.82) is 5.41 Å². The predicted molar refractivity (Wildman–Crippen MR) is 130 cm³/mol. The van der Waals surface area contributed by atoms with Crippen LogP contribution in [0.2, 0.25) is 0 Å². The van der Waals surface area contributed by atoms with Crippen molar-refractivity contribution in [3.63, 3.8) is 0 Å². The van der Waals surface area contributed by atoms with E-state index in [4.69, 9.17) is 21.6 Å². The van der Waals surface area contributed by atoms with Crippen molar-refractivity contribution in [2.24, 2.45) is 5.73 Å². The Balaban J connectivity index is 1.73. The molecule has 3 rings (SSSR count). The van der Waals surface area contributed by atoms with E-state index in [1.165, 1.54) is 11.8 Å². The lowest BCUT2D eigenvalue weighted by molar-refractivity contribution is 0.0997. The van der Waals surface area contributed by atoms with Gasteiger partial charge in [0.2, 0.25) is 5.91 Å². The molecule has 0 aliphatic carbocycles. The molecule has 1 amide bonds. The second-order valence-electron chi connectivity index (χ2n) is 6.84. The Kier molecular flexibility index (Phi) is 7.92. The largest absolute Gasteiger partial charge is 0.398 e. The van der Waals surface area contributed by atoms with Gasteiger partial charge in [-0.3, -0.25) is 10.2 Å². The van der Waals surface area contributed by atoms with Gasteiger partial charge >= 0.3 is 0 Å². The minimum Gasteiger partial charge on any atom is -0.398 e. The molecule has 6 N–H and O–H groups in total. The quantitative estimate of drug-likeness (QED) is 0.181. The summed E-state index contributed by atoms with van der Waals surface area (Å²) in [5.41, 5.74) is 15.0. The van der Waals surface area contributed by atoms with Crippen molar-refractivity contribution in [2.75, 3.05) is 31.3 Å². The number of carbonyl (C=O) groups excluding carboxylic acids is 1. The van der Waals surface area contributed by atoms with E-state index >= 15 is 0 Å². The number of nitrogens with one attached hydrogen (secondary N) is 2. The minimum absolute atomic E-state index is 0.134. The molecule has 0 heterocycles. The molecule has 6 nitrogen and oxygen atoms in total. The van der Waals surface area contributed by atoms with Crippen molar-refractivity contribution >= 4 is 34.8 Å². The highest BCUT2D eigenvalue weighted by Crippen LogP contribution is 2.32. The fourth-order valence-electron chi connectivity index (χ4n) is 2.92. The number of nitrogens with two attached hydrogens (primary N) is 2. The molecule has 32 heavy (non-hydrogen) atoms. The Bertz CT molecular complexity index is 1200. The van der Waals surface area contributed by atoms with Crippen molar-refractivity contribution in [1.82, 2.24) is 0 Å². The van der Waals surface area contributed by atoms with Gasteiger partial charge in [-0.05, 0) is 54.5 Å². The van der Waals surface area contributed by atoms with Crippen LogP contribution in [0.5, 0.6) is 0 Å². The van der Waals surface area contributed by atoms with E-state index in [1.807, 2.05) is 42.5 Å². The molecule has 0 aliphatic heterocycles. The fraction of sp³-hybridized carbons (Fsp3) is 0.120. The smallest absolute Gasteiger partial charge is 0.249 e. The molecule has 0 radical (unpaired) electrons. The molecule has 0 atom stereocenters. The van der Waals surface area contributed by atoms with Crippen LogP contribution in [-0.2, 0) is 4.74 Å². The van der Waals surface area contributed by atoms with Crippen LogP contribution >= 0.6 is 11.8 Å². The number of hydrogen-bond acceptors (Lipinski definition) is 6.